The van der Waals surface area contributed by atoms with Gasteiger partial charge in [-0.2, -0.15) is 4.98 Å². The molecule has 0 bridgehead atoms. The molecule has 0 spiro atoms. The molecule has 1 fully saturated rings. The lowest BCUT2D eigenvalue weighted by Gasteiger charge is -2.19. The van der Waals surface area contributed by atoms with Crippen molar-refractivity contribution in [2.45, 2.75) is 18.8 Å². The third kappa shape index (κ3) is 2.13. The highest BCUT2D eigenvalue weighted by atomic mass is 19.1. The van der Waals surface area contributed by atoms with E-state index in [1.165, 1.54) is 6.07 Å². The Balaban J connectivity index is 1.87. The summed E-state index contributed by atoms with van der Waals surface area (Å²) in [4.78, 5) is 4.31. The normalized spacial score (nSPS) is 19.9. The molecule has 0 amide bonds. The highest BCUT2D eigenvalue weighted by Crippen LogP contribution is 2.25. The minimum atomic E-state index is -0.338. The van der Waals surface area contributed by atoms with Gasteiger partial charge in [0.05, 0.1) is 5.56 Å². The van der Waals surface area contributed by atoms with Gasteiger partial charge in [-0.3, -0.25) is 0 Å². The molecule has 1 aromatic carbocycles. The fourth-order valence-corrected chi connectivity index (χ4v) is 2.22. The van der Waals surface area contributed by atoms with Gasteiger partial charge in [0.2, 0.25) is 0 Å². The van der Waals surface area contributed by atoms with Crippen LogP contribution in [-0.4, -0.2) is 23.2 Å². The molecular weight excluding hydrogens is 233 g/mol. The summed E-state index contributed by atoms with van der Waals surface area (Å²) < 4.78 is 18.7. The number of nitrogens with one attached hydrogen (secondary N) is 1. The molecule has 94 valence electrons. The highest BCUT2D eigenvalue weighted by Gasteiger charge is 2.21. The van der Waals surface area contributed by atoms with Crippen molar-refractivity contribution in [3.05, 3.63) is 35.9 Å². The number of piperidine rings is 1. The minimum Gasteiger partial charge on any atom is -0.334 e. The molecule has 5 heteroatoms. The van der Waals surface area contributed by atoms with E-state index in [4.69, 9.17) is 4.52 Å². The molecule has 0 saturated carbocycles. The number of benzene rings is 1. The van der Waals surface area contributed by atoms with Crippen molar-refractivity contribution in [3.8, 4) is 11.5 Å². The summed E-state index contributed by atoms with van der Waals surface area (Å²) in [6.45, 7) is 1.89. The molecule has 0 radical (unpaired) electrons. The number of nitrogens with zero attached hydrogens (tertiary/aromatic N) is 2. The van der Waals surface area contributed by atoms with E-state index in [1.807, 2.05) is 0 Å². The van der Waals surface area contributed by atoms with Crippen molar-refractivity contribution in [3.63, 3.8) is 0 Å². The first kappa shape index (κ1) is 11.3. The van der Waals surface area contributed by atoms with Gasteiger partial charge >= 0.3 is 0 Å². The van der Waals surface area contributed by atoms with Gasteiger partial charge < -0.3 is 9.84 Å². The molecule has 2 heterocycles. The molecule has 0 aliphatic carbocycles. The highest BCUT2D eigenvalue weighted by molar-refractivity contribution is 5.53. The lowest BCUT2D eigenvalue weighted by atomic mass is 9.99. The van der Waals surface area contributed by atoms with Crippen LogP contribution in [0.15, 0.2) is 28.8 Å². The van der Waals surface area contributed by atoms with Crippen molar-refractivity contribution in [1.29, 1.82) is 0 Å². The number of aromatic nitrogens is 2. The van der Waals surface area contributed by atoms with Crippen molar-refractivity contribution >= 4 is 0 Å². The molecule has 1 aromatic heterocycles. The number of rotatable bonds is 2. The van der Waals surface area contributed by atoms with Gasteiger partial charge in [0.1, 0.15) is 5.82 Å². The minimum absolute atomic E-state index is 0.258. The molecule has 1 aliphatic rings. The lowest BCUT2D eigenvalue weighted by Crippen LogP contribution is -2.28. The first-order chi connectivity index (χ1) is 8.84. The van der Waals surface area contributed by atoms with Crippen molar-refractivity contribution < 1.29 is 8.91 Å². The van der Waals surface area contributed by atoms with Crippen LogP contribution in [-0.2, 0) is 0 Å². The van der Waals surface area contributed by atoms with E-state index >= 15 is 0 Å². The molecule has 1 aliphatic heterocycles. The zero-order chi connectivity index (χ0) is 12.4. The Morgan fingerprint density at radius 3 is 3.00 bits per heavy atom. The van der Waals surface area contributed by atoms with Gasteiger partial charge in [-0.1, -0.05) is 17.3 Å². The van der Waals surface area contributed by atoms with E-state index in [0.29, 0.717) is 11.4 Å². The molecule has 2 aromatic rings. The standard InChI is InChI=1S/C13H14FN3O/c14-11-6-2-1-5-10(11)13-16-12(17-18-13)9-4-3-7-15-8-9/h1-2,5-6,9,15H,3-4,7-8H2/t9-/m0/s1. The van der Waals surface area contributed by atoms with Crippen molar-refractivity contribution in [1.82, 2.24) is 15.5 Å². The van der Waals surface area contributed by atoms with Crippen LogP contribution in [0.5, 0.6) is 0 Å². The monoisotopic (exact) mass is 247 g/mol. The topological polar surface area (TPSA) is 51.0 Å². The Hall–Kier alpha value is -1.75. The van der Waals surface area contributed by atoms with Crippen LogP contribution in [0.1, 0.15) is 24.6 Å². The number of hydrogen-bond donors (Lipinski definition) is 1. The van der Waals surface area contributed by atoms with E-state index in [9.17, 15) is 4.39 Å². The summed E-state index contributed by atoms with van der Waals surface area (Å²) in [6, 6.07) is 6.43. The molecule has 1 atom stereocenters. The Bertz CT molecular complexity index is 535. The largest absolute Gasteiger partial charge is 0.334 e. The van der Waals surface area contributed by atoms with Crippen LogP contribution in [0.3, 0.4) is 0 Å². The summed E-state index contributed by atoms with van der Waals surface area (Å²) >= 11 is 0. The molecular formula is C13H14FN3O. The van der Waals surface area contributed by atoms with Crippen LogP contribution in [0.4, 0.5) is 4.39 Å². The maximum atomic E-state index is 13.6. The third-order valence-corrected chi connectivity index (χ3v) is 3.21. The Morgan fingerprint density at radius 1 is 1.33 bits per heavy atom. The van der Waals surface area contributed by atoms with Crippen molar-refractivity contribution in [2.75, 3.05) is 13.1 Å². The van der Waals surface area contributed by atoms with E-state index in [1.54, 1.807) is 18.2 Å². The van der Waals surface area contributed by atoms with Gasteiger partial charge in [-0.15, -0.1) is 0 Å². The van der Waals surface area contributed by atoms with Gasteiger partial charge in [0.15, 0.2) is 5.82 Å². The van der Waals surface area contributed by atoms with Crippen LogP contribution < -0.4 is 5.32 Å². The molecule has 4 nitrogen and oxygen atoms in total. The second kappa shape index (κ2) is 4.86. The zero-order valence-corrected chi connectivity index (χ0v) is 9.90. The summed E-state index contributed by atoms with van der Waals surface area (Å²) in [5.74, 6) is 0.853. The smallest absolute Gasteiger partial charge is 0.260 e. The van der Waals surface area contributed by atoms with Crippen LogP contribution in [0, 0.1) is 5.82 Å². The van der Waals surface area contributed by atoms with E-state index in [-0.39, 0.29) is 17.6 Å². The maximum Gasteiger partial charge on any atom is 0.260 e. The van der Waals surface area contributed by atoms with Crippen molar-refractivity contribution in [2.24, 2.45) is 0 Å². The van der Waals surface area contributed by atoms with Gasteiger partial charge in [0.25, 0.3) is 5.89 Å². The van der Waals surface area contributed by atoms with E-state index in [2.05, 4.69) is 15.5 Å². The number of halogens is 1. The lowest BCUT2D eigenvalue weighted by molar-refractivity contribution is 0.392. The molecule has 0 unspecified atom stereocenters. The number of hydrogen-bond acceptors (Lipinski definition) is 4. The van der Waals surface area contributed by atoms with Gasteiger partial charge in [0, 0.05) is 12.5 Å². The Kier molecular flexibility index (Phi) is 3.06. The zero-order valence-electron chi connectivity index (χ0n) is 9.90. The van der Waals surface area contributed by atoms with E-state index < -0.39 is 0 Å². The summed E-state index contributed by atoms with van der Waals surface area (Å²) in [5, 5.41) is 7.26. The Labute approximate surface area is 104 Å². The third-order valence-electron chi connectivity index (χ3n) is 3.21. The predicted octanol–water partition coefficient (Wildman–Crippen LogP) is 2.34. The summed E-state index contributed by atoms with van der Waals surface area (Å²) in [7, 11) is 0. The summed E-state index contributed by atoms with van der Waals surface area (Å²) in [5.41, 5.74) is 0.361. The molecule has 18 heavy (non-hydrogen) atoms. The maximum absolute atomic E-state index is 13.6. The Morgan fingerprint density at radius 2 is 2.22 bits per heavy atom. The van der Waals surface area contributed by atoms with E-state index in [0.717, 1.165) is 25.9 Å². The van der Waals surface area contributed by atoms with Crippen LogP contribution in [0.25, 0.3) is 11.5 Å². The molecule has 1 N–H and O–H groups in total. The summed E-state index contributed by atoms with van der Waals surface area (Å²) in [6.07, 6.45) is 2.15. The van der Waals surface area contributed by atoms with Gasteiger partial charge in [-0.25, -0.2) is 4.39 Å². The fourth-order valence-electron chi connectivity index (χ4n) is 2.22. The molecule has 3 rings (SSSR count). The second-order valence-electron chi connectivity index (χ2n) is 4.48. The van der Waals surface area contributed by atoms with Crippen LogP contribution in [0.2, 0.25) is 0 Å². The average molecular weight is 247 g/mol. The van der Waals surface area contributed by atoms with Gasteiger partial charge in [-0.05, 0) is 31.5 Å². The SMILES string of the molecule is Fc1ccccc1-c1nc([C@H]2CCCNC2)no1. The first-order valence-electron chi connectivity index (χ1n) is 6.14. The fraction of sp³-hybridized carbons (Fsp3) is 0.385. The first-order valence-corrected chi connectivity index (χ1v) is 6.14. The van der Waals surface area contributed by atoms with Crippen LogP contribution >= 0.6 is 0 Å². The molecule has 1 saturated heterocycles. The second-order valence-corrected chi connectivity index (χ2v) is 4.48. The predicted molar refractivity (Wildman–Crippen MR) is 64.5 cm³/mol. The quantitative estimate of drug-likeness (QED) is 0.885. The average Bonchev–Trinajstić information content (AvgIpc) is 2.90.